The quantitative estimate of drug-likeness (QED) is 0.893. The van der Waals surface area contributed by atoms with Crippen LogP contribution in [0.15, 0.2) is 41.3 Å². The van der Waals surface area contributed by atoms with E-state index >= 15 is 0 Å². The third-order valence-corrected chi connectivity index (χ3v) is 5.86. The van der Waals surface area contributed by atoms with Gasteiger partial charge in [0.05, 0.1) is 17.0 Å². The fourth-order valence-electron chi connectivity index (χ4n) is 3.19. The number of carbonyl (C=O) groups excluding carboxylic acids is 1. The summed E-state index contributed by atoms with van der Waals surface area (Å²) in [6.07, 6.45) is 1.19. The van der Waals surface area contributed by atoms with E-state index < -0.39 is 10.0 Å². The number of sulfonamides is 1. The lowest BCUT2D eigenvalue weighted by molar-refractivity contribution is -0.115. The van der Waals surface area contributed by atoms with E-state index in [0.717, 1.165) is 18.7 Å². The Hall–Kier alpha value is -2.54. The first kappa shape index (κ1) is 15.0. The Morgan fingerprint density at radius 2 is 1.96 bits per heavy atom. The van der Waals surface area contributed by atoms with Crippen LogP contribution in [0.1, 0.15) is 11.1 Å². The molecule has 124 valence electrons. The minimum absolute atomic E-state index is 0.117. The number of amides is 1. The zero-order valence-corrected chi connectivity index (χ0v) is 14.0. The lowest BCUT2D eigenvalue weighted by Crippen LogP contribution is -2.15. The molecule has 2 aromatic carbocycles. The summed E-state index contributed by atoms with van der Waals surface area (Å²) >= 11 is 0. The van der Waals surface area contributed by atoms with Gasteiger partial charge >= 0.3 is 0 Å². The van der Waals surface area contributed by atoms with Crippen LogP contribution in [-0.4, -0.2) is 27.9 Å². The van der Waals surface area contributed by atoms with Gasteiger partial charge in [0.1, 0.15) is 0 Å². The minimum Gasteiger partial charge on any atom is -0.374 e. The second-order valence-corrected chi connectivity index (χ2v) is 7.85. The van der Waals surface area contributed by atoms with Gasteiger partial charge in [0.25, 0.3) is 10.0 Å². The predicted octanol–water partition coefficient (Wildman–Crippen LogP) is 1.97. The largest absolute Gasteiger partial charge is 0.374 e. The number of likely N-dealkylation sites (N-methyl/N-ethyl adjacent to an activating group) is 1. The number of hydrogen-bond acceptors (Lipinski definition) is 4. The van der Waals surface area contributed by atoms with Gasteiger partial charge in [-0.1, -0.05) is 6.07 Å². The highest BCUT2D eigenvalue weighted by Crippen LogP contribution is 2.31. The van der Waals surface area contributed by atoms with Crippen LogP contribution < -0.4 is 14.9 Å². The van der Waals surface area contributed by atoms with Gasteiger partial charge in [-0.15, -0.1) is 0 Å². The smallest absolute Gasteiger partial charge is 0.261 e. The molecule has 0 bridgehead atoms. The van der Waals surface area contributed by atoms with Gasteiger partial charge in [0.15, 0.2) is 0 Å². The molecular weight excluding hydrogens is 326 g/mol. The lowest BCUT2D eigenvalue weighted by atomic mass is 10.1. The first-order chi connectivity index (χ1) is 11.4. The van der Waals surface area contributed by atoms with Gasteiger partial charge in [-0.3, -0.25) is 9.52 Å². The lowest BCUT2D eigenvalue weighted by Gasteiger charge is -2.14. The number of benzene rings is 2. The number of nitrogens with one attached hydrogen (secondary N) is 2. The van der Waals surface area contributed by atoms with Gasteiger partial charge in [-0.05, 0) is 47.9 Å². The molecule has 0 saturated carbocycles. The van der Waals surface area contributed by atoms with E-state index in [-0.39, 0.29) is 17.2 Å². The maximum Gasteiger partial charge on any atom is 0.261 e. The van der Waals surface area contributed by atoms with Crippen molar-refractivity contribution in [3.8, 4) is 0 Å². The van der Waals surface area contributed by atoms with E-state index in [9.17, 15) is 13.2 Å². The first-order valence-electron chi connectivity index (χ1n) is 7.72. The molecule has 2 aliphatic heterocycles. The Labute approximate surface area is 140 Å². The average molecular weight is 343 g/mol. The highest BCUT2D eigenvalue weighted by molar-refractivity contribution is 7.92. The molecule has 2 heterocycles. The average Bonchev–Trinajstić information content (AvgIpc) is 3.08. The summed E-state index contributed by atoms with van der Waals surface area (Å²) in [5.41, 5.74) is 4.20. The summed E-state index contributed by atoms with van der Waals surface area (Å²) in [5, 5.41) is 2.70. The van der Waals surface area contributed by atoms with Gasteiger partial charge in [-0.2, -0.15) is 0 Å². The molecular formula is C17H17N3O3S. The number of hydrogen-bond donors (Lipinski definition) is 2. The third kappa shape index (κ3) is 2.50. The van der Waals surface area contributed by atoms with Crippen molar-refractivity contribution in [1.82, 2.24) is 0 Å². The van der Waals surface area contributed by atoms with Crippen molar-refractivity contribution in [3.63, 3.8) is 0 Å². The Morgan fingerprint density at radius 3 is 2.79 bits per heavy atom. The molecule has 0 aliphatic carbocycles. The zero-order chi connectivity index (χ0) is 16.9. The molecule has 1 amide bonds. The molecule has 2 N–H and O–H groups in total. The molecule has 0 spiro atoms. The summed E-state index contributed by atoms with van der Waals surface area (Å²) in [6, 6.07) is 10.3. The highest BCUT2D eigenvalue weighted by Gasteiger charge is 2.23. The molecule has 7 heteroatoms. The fraction of sp³-hybridized carbons (Fsp3) is 0.235. The van der Waals surface area contributed by atoms with Crippen molar-refractivity contribution in [1.29, 1.82) is 0 Å². The molecule has 0 fully saturated rings. The number of rotatable bonds is 3. The Morgan fingerprint density at radius 1 is 1.12 bits per heavy atom. The van der Waals surface area contributed by atoms with E-state index in [2.05, 4.69) is 14.9 Å². The van der Waals surface area contributed by atoms with Crippen molar-refractivity contribution >= 4 is 33.0 Å². The van der Waals surface area contributed by atoms with E-state index in [1.165, 1.54) is 11.6 Å². The van der Waals surface area contributed by atoms with Crippen molar-refractivity contribution in [3.05, 3.63) is 47.5 Å². The van der Waals surface area contributed by atoms with Crippen molar-refractivity contribution in [2.24, 2.45) is 0 Å². The Bertz CT molecular complexity index is 954. The van der Waals surface area contributed by atoms with Gasteiger partial charge in [0, 0.05) is 25.0 Å². The predicted molar refractivity (Wildman–Crippen MR) is 93.0 cm³/mol. The topological polar surface area (TPSA) is 78.5 Å². The second-order valence-electron chi connectivity index (χ2n) is 6.16. The van der Waals surface area contributed by atoms with E-state index in [1.54, 1.807) is 18.2 Å². The summed E-state index contributed by atoms with van der Waals surface area (Å²) in [5.74, 6) is -0.117. The molecule has 2 aromatic rings. The van der Waals surface area contributed by atoms with E-state index in [4.69, 9.17) is 0 Å². The molecule has 0 radical (unpaired) electrons. The molecule has 2 aliphatic rings. The highest BCUT2D eigenvalue weighted by atomic mass is 32.2. The van der Waals surface area contributed by atoms with Crippen LogP contribution in [0.25, 0.3) is 0 Å². The van der Waals surface area contributed by atoms with Crippen molar-refractivity contribution in [2.75, 3.05) is 28.5 Å². The van der Waals surface area contributed by atoms with Gasteiger partial charge in [-0.25, -0.2) is 8.42 Å². The molecule has 0 aromatic heterocycles. The summed E-state index contributed by atoms with van der Waals surface area (Å²) in [7, 11) is -1.70. The maximum absolute atomic E-state index is 12.6. The first-order valence-corrected chi connectivity index (χ1v) is 9.20. The van der Waals surface area contributed by atoms with Crippen LogP contribution >= 0.6 is 0 Å². The maximum atomic E-state index is 12.6. The summed E-state index contributed by atoms with van der Waals surface area (Å²) in [4.78, 5) is 13.7. The van der Waals surface area contributed by atoms with Crippen molar-refractivity contribution in [2.45, 2.75) is 17.7 Å². The minimum atomic E-state index is -3.69. The van der Waals surface area contributed by atoms with Crippen LogP contribution in [0.2, 0.25) is 0 Å². The molecule has 0 saturated heterocycles. The Balaban J connectivity index is 1.64. The van der Waals surface area contributed by atoms with Crippen LogP contribution in [-0.2, 0) is 27.7 Å². The number of fused-ring (bicyclic) bond motifs is 2. The normalized spacial score (nSPS) is 15.9. The third-order valence-electron chi connectivity index (χ3n) is 4.48. The number of carbonyl (C=O) groups is 1. The van der Waals surface area contributed by atoms with Crippen LogP contribution in [0.4, 0.5) is 17.1 Å². The van der Waals surface area contributed by atoms with Crippen molar-refractivity contribution < 1.29 is 13.2 Å². The van der Waals surface area contributed by atoms with Crippen LogP contribution in [0, 0.1) is 0 Å². The Kier molecular flexibility index (Phi) is 3.28. The monoisotopic (exact) mass is 343 g/mol. The summed E-state index contributed by atoms with van der Waals surface area (Å²) in [6.45, 7) is 0.942. The fourth-order valence-corrected chi connectivity index (χ4v) is 4.29. The molecule has 4 rings (SSSR count). The van der Waals surface area contributed by atoms with E-state index in [1.807, 2.05) is 19.2 Å². The standard InChI is InChI=1S/C17H17N3O3S/c1-20-7-6-11-2-3-13(10-16(11)20)19-24(22,23)14-4-5-15-12(8-14)9-17(21)18-15/h2-5,8,10,19H,6-7,9H2,1H3,(H,18,21). The summed E-state index contributed by atoms with van der Waals surface area (Å²) < 4.78 is 27.9. The van der Waals surface area contributed by atoms with E-state index in [0.29, 0.717) is 16.9 Å². The SMILES string of the molecule is CN1CCc2ccc(NS(=O)(=O)c3ccc4c(c3)CC(=O)N4)cc21. The molecule has 6 nitrogen and oxygen atoms in total. The molecule has 24 heavy (non-hydrogen) atoms. The van der Waals surface area contributed by atoms with Crippen LogP contribution in [0.3, 0.4) is 0 Å². The number of nitrogens with zero attached hydrogens (tertiary/aromatic N) is 1. The van der Waals surface area contributed by atoms with Gasteiger partial charge in [0.2, 0.25) is 5.91 Å². The molecule has 0 atom stereocenters. The zero-order valence-electron chi connectivity index (χ0n) is 13.2. The second kappa shape index (κ2) is 5.24. The van der Waals surface area contributed by atoms with Gasteiger partial charge < -0.3 is 10.2 Å². The van der Waals surface area contributed by atoms with Crippen LogP contribution in [0.5, 0.6) is 0 Å². The number of anilines is 3. The molecule has 0 unspecified atom stereocenters.